The molecule has 1 saturated heterocycles. The summed E-state index contributed by atoms with van der Waals surface area (Å²) in [5.41, 5.74) is 1.78. The Kier molecular flexibility index (Phi) is 4.50. The highest BCUT2D eigenvalue weighted by Crippen LogP contribution is 2.29. The van der Waals surface area contributed by atoms with Crippen LogP contribution in [0.15, 0.2) is 24.3 Å². The quantitative estimate of drug-likeness (QED) is 0.675. The van der Waals surface area contributed by atoms with Crippen LogP contribution in [0.2, 0.25) is 0 Å². The summed E-state index contributed by atoms with van der Waals surface area (Å²) in [6.07, 6.45) is 1.77. The first-order chi connectivity index (χ1) is 12.8. The lowest BCUT2D eigenvalue weighted by atomic mass is 9.92. The number of carbonyl (C=O) groups excluding carboxylic acids is 1. The van der Waals surface area contributed by atoms with Gasteiger partial charge in [0.1, 0.15) is 0 Å². The predicted molar refractivity (Wildman–Crippen MR) is 106 cm³/mol. The maximum atomic E-state index is 12.7. The Bertz CT molecular complexity index is 976. The second-order valence-electron chi connectivity index (χ2n) is 8.27. The van der Waals surface area contributed by atoms with Crippen molar-refractivity contribution >= 4 is 22.9 Å². The summed E-state index contributed by atoms with van der Waals surface area (Å²) in [6.45, 7) is 9.98. The lowest BCUT2D eigenvalue weighted by molar-refractivity contribution is 0.0715. The molecule has 0 atom stereocenters. The molecule has 1 amide bonds. The van der Waals surface area contributed by atoms with Gasteiger partial charge in [-0.1, -0.05) is 20.8 Å². The predicted octanol–water partition coefficient (Wildman–Crippen LogP) is 3.81. The van der Waals surface area contributed by atoms with Crippen LogP contribution in [-0.4, -0.2) is 43.7 Å². The maximum Gasteiger partial charge on any atom is 0.263 e. The molecular weight excluding hydrogens is 358 g/mol. The molecule has 3 aromatic rings. The molecule has 1 aliphatic rings. The molecule has 4 heterocycles. The Morgan fingerprint density at radius 3 is 2.48 bits per heavy atom. The van der Waals surface area contributed by atoms with Gasteiger partial charge in [0, 0.05) is 29.3 Å². The number of nitrogens with zero attached hydrogens (tertiary/aromatic N) is 5. The third-order valence-corrected chi connectivity index (χ3v) is 6.14. The van der Waals surface area contributed by atoms with E-state index in [0.717, 1.165) is 48.0 Å². The molecule has 0 spiro atoms. The van der Waals surface area contributed by atoms with E-state index in [1.807, 2.05) is 40.6 Å². The highest BCUT2D eigenvalue weighted by molar-refractivity contribution is 7.13. The summed E-state index contributed by atoms with van der Waals surface area (Å²) < 4.78 is 1.89. The Morgan fingerprint density at radius 2 is 1.85 bits per heavy atom. The topological polar surface area (TPSA) is 63.4 Å². The van der Waals surface area contributed by atoms with Crippen LogP contribution >= 0.6 is 11.3 Å². The Morgan fingerprint density at radius 1 is 1.11 bits per heavy atom. The van der Waals surface area contributed by atoms with Gasteiger partial charge in [0.15, 0.2) is 11.5 Å². The van der Waals surface area contributed by atoms with E-state index < -0.39 is 0 Å². The molecule has 3 aromatic heterocycles. The number of piperidine rings is 1. The van der Waals surface area contributed by atoms with Gasteiger partial charge < -0.3 is 4.90 Å². The van der Waals surface area contributed by atoms with E-state index in [1.54, 1.807) is 11.3 Å². The second-order valence-corrected chi connectivity index (χ2v) is 9.56. The minimum absolute atomic E-state index is 0.0235. The number of likely N-dealkylation sites (tertiary alicyclic amines) is 1. The zero-order valence-electron chi connectivity index (χ0n) is 16.3. The van der Waals surface area contributed by atoms with Crippen molar-refractivity contribution in [3.63, 3.8) is 0 Å². The molecule has 1 aliphatic heterocycles. The minimum atomic E-state index is -0.0235. The van der Waals surface area contributed by atoms with Gasteiger partial charge in [0.05, 0.1) is 10.6 Å². The van der Waals surface area contributed by atoms with E-state index in [1.165, 1.54) is 4.88 Å². The smallest absolute Gasteiger partial charge is 0.263 e. The first-order valence-electron chi connectivity index (χ1n) is 9.41. The maximum absolute atomic E-state index is 12.7. The molecule has 0 radical (unpaired) electrons. The van der Waals surface area contributed by atoms with Crippen LogP contribution in [0.5, 0.6) is 0 Å². The summed E-state index contributed by atoms with van der Waals surface area (Å²) >= 11 is 1.57. The number of hydrogen-bond donors (Lipinski definition) is 0. The van der Waals surface area contributed by atoms with E-state index in [0.29, 0.717) is 0 Å². The molecular formula is C20H25N5OS. The summed E-state index contributed by atoms with van der Waals surface area (Å²) in [6, 6.07) is 7.95. The highest BCUT2D eigenvalue weighted by atomic mass is 32.1. The fourth-order valence-electron chi connectivity index (χ4n) is 3.51. The molecule has 0 N–H and O–H groups in total. The van der Waals surface area contributed by atoms with E-state index in [2.05, 4.69) is 31.0 Å². The molecule has 0 bridgehead atoms. The van der Waals surface area contributed by atoms with Crippen LogP contribution in [0.4, 0.5) is 0 Å². The van der Waals surface area contributed by atoms with E-state index in [9.17, 15) is 4.79 Å². The van der Waals surface area contributed by atoms with Gasteiger partial charge in [-0.3, -0.25) is 4.79 Å². The Hall–Kier alpha value is -2.28. The fraction of sp³-hybridized carbons (Fsp3) is 0.500. The van der Waals surface area contributed by atoms with E-state index in [-0.39, 0.29) is 17.2 Å². The number of rotatable bonds is 2. The Balaban J connectivity index is 1.52. The van der Waals surface area contributed by atoms with Crippen molar-refractivity contribution in [1.29, 1.82) is 0 Å². The van der Waals surface area contributed by atoms with Crippen molar-refractivity contribution in [2.45, 2.75) is 51.9 Å². The number of aryl methyl sites for hydroxylation is 1. The van der Waals surface area contributed by atoms with Crippen LogP contribution in [0.3, 0.4) is 0 Å². The van der Waals surface area contributed by atoms with E-state index in [4.69, 9.17) is 5.10 Å². The van der Waals surface area contributed by atoms with Crippen LogP contribution in [-0.2, 0) is 5.41 Å². The lowest BCUT2D eigenvalue weighted by Gasteiger charge is -2.30. The van der Waals surface area contributed by atoms with Crippen molar-refractivity contribution in [1.82, 2.24) is 24.7 Å². The van der Waals surface area contributed by atoms with Gasteiger partial charge in [-0.2, -0.15) is 9.61 Å². The van der Waals surface area contributed by atoms with Crippen molar-refractivity contribution in [3.05, 3.63) is 45.5 Å². The molecule has 0 aliphatic carbocycles. The zero-order valence-corrected chi connectivity index (χ0v) is 17.1. The first-order valence-corrected chi connectivity index (χ1v) is 10.2. The van der Waals surface area contributed by atoms with Crippen molar-refractivity contribution in [3.8, 4) is 0 Å². The number of fused-ring (bicyclic) bond motifs is 1. The Labute approximate surface area is 163 Å². The molecule has 0 saturated carbocycles. The molecule has 0 unspecified atom stereocenters. The average Bonchev–Trinajstić information content (AvgIpc) is 3.26. The minimum Gasteiger partial charge on any atom is -0.338 e. The average molecular weight is 384 g/mol. The number of carbonyl (C=O) groups is 1. The molecule has 27 heavy (non-hydrogen) atoms. The largest absolute Gasteiger partial charge is 0.338 e. The highest BCUT2D eigenvalue weighted by Gasteiger charge is 2.28. The normalized spacial score (nSPS) is 16.2. The lowest BCUT2D eigenvalue weighted by Crippen LogP contribution is -2.38. The summed E-state index contributed by atoms with van der Waals surface area (Å²) in [5.74, 6) is 1.33. The third-order valence-electron chi connectivity index (χ3n) is 5.15. The number of amides is 1. The van der Waals surface area contributed by atoms with Crippen molar-refractivity contribution < 1.29 is 4.79 Å². The number of hydrogen-bond acceptors (Lipinski definition) is 5. The van der Waals surface area contributed by atoms with Crippen LogP contribution in [0.1, 0.15) is 65.6 Å². The van der Waals surface area contributed by atoms with Crippen molar-refractivity contribution in [2.75, 3.05) is 13.1 Å². The first kappa shape index (κ1) is 18.1. The van der Waals surface area contributed by atoms with E-state index >= 15 is 0 Å². The molecule has 6 nitrogen and oxygen atoms in total. The van der Waals surface area contributed by atoms with Gasteiger partial charge in [0.2, 0.25) is 0 Å². The van der Waals surface area contributed by atoms with Gasteiger partial charge in [0.25, 0.3) is 5.91 Å². The molecule has 142 valence electrons. The molecule has 1 fully saturated rings. The van der Waals surface area contributed by atoms with Crippen LogP contribution in [0.25, 0.3) is 5.65 Å². The number of aromatic nitrogens is 4. The monoisotopic (exact) mass is 383 g/mol. The van der Waals surface area contributed by atoms with Crippen molar-refractivity contribution in [2.24, 2.45) is 0 Å². The van der Waals surface area contributed by atoms with Gasteiger partial charge >= 0.3 is 0 Å². The van der Waals surface area contributed by atoms with Crippen LogP contribution < -0.4 is 0 Å². The fourth-order valence-corrected chi connectivity index (χ4v) is 4.34. The molecule has 0 aromatic carbocycles. The van der Waals surface area contributed by atoms with Gasteiger partial charge in [-0.15, -0.1) is 21.5 Å². The summed E-state index contributed by atoms with van der Waals surface area (Å²) in [4.78, 5) is 16.6. The summed E-state index contributed by atoms with van der Waals surface area (Å²) in [5, 5.41) is 13.5. The van der Waals surface area contributed by atoms with Gasteiger partial charge in [-0.05, 0) is 44.0 Å². The van der Waals surface area contributed by atoms with Gasteiger partial charge in [-0.25, -0.2) is 0 Å². The summed E-state index contributed by atoms with van der Waals surface area (Å²) in [7, 11) is 0. The molecule has 4 rings (SSSR count). The molecule has 7 heteroatoms. The standard InChI is InChI=1S/C20H25N5OS/c1-13-5-6-15(27-13)19(26)24-11-9-14(10-12-24)18-22-21-17-8-7-16(20(2,3)4)23-25(17)18/h5-8,14H,9-12H2,1-4H3. The third kappa shape index (κ3) is 3.48. The SMILES string of the molecule is Cc1ccc(C(=O)N2CCC(c3nnc4ccc(C(C)(C)C)nn34)CC2)s1. The van der Waals surface area contributed by atoms with Crippen LogP contribution in [0, 0.1) is 6.92 Å². The second kappa shape index (κ2) is 6.71. The zero-order chi connectivity index (χ0) is 19.2. The number of thiophene rings is 1.